The molecule has 2 fully saturated rings. The Morgan fingerprint density at radius 3 is 2.52 bits per heavy atom. The normalized spacial score (nSPS) is 16.9. The average Bonchev–Trinajstić information content (AvgIpc) is 3.89. The number of halogens is 2. The summed E-state index contributed by atoms with van der Waals surface area (Å²) in [6, 6.07) is 2.99. The van der Waals surface area contributed by atoms with Crippen LogP contribution < -0.4 is 32.4 Å². The fraction of sp³-hybridized carbons (Fsp3) is 0.484. The number of hydrogen-bond acceptors (Lipinski definition) is 10. The summed E-state index contributed by atoms with van der Waals surface area (Å²) in [5.41, 5.74) is 9.85. The SMILES string of the molecule is CC.COc1cnc(C(F)F)cc1-c1cc(/C(C=NC2CCNCC2)=C/N)ncc1C(=O)NC(C)SC(C#CC1CC1)NN. The summed E-state index contributed by atoms with van der Waals surface area (Å²) in [5.74, 6) is 12.1. The second-order valence-corrected chi connectivity index (χ2v) is 11.4. The topological polar surface area (TPSA) is 153 Å². The molecule has 0 bridgehead atoms. The highest BCUT2D eigenvalue weighted by Gasteiger charge is 2.23. The van der Waals surface area contributed by atoms with Crippen LogP contribution in [0.2, 0.25) is 0 Å². The predicted molar refractivity (Wildman–Crippen MR) is 173 cm³/mol. The number of rotatable bonds is 11. The molecule has 2 atom stereocenters. The number of alkyl halides is 2. The zero-order valence-corrected chi connectivity index (χ0v) is 26.4. The van der Waals surface area contributed by atoms with Gasteiger partial charge in [0.15, 0.2) is 0 Å². The second-order valence-electron chi connectivity index (χ2n) is 9.97. The molecular weight excluding hydrogens is 586 g/mol. The third kappa shape index (κ3) is 9.99. The van der Waals surface area contributed by atoms with Gasteiger partial charge in [0.2, 0.25) is 0 Å². The van der Waals surface area contributed by atoms with Gasteiger partial charge in [-0.3, -0.25) is 25.6 Å². The number of thioether (sulfide) groups is 1. The van der Waals surface area contributed by atoms with Crippen LogP contribution in [-0.2, 0) is 0 Å². The van der Waals surface area contributed by atoms with E-state index >= 15 is 0 Å². The number of aliphatic imine (C=N–C) groups is 1. The number of carbonyl (C=O) groups excluding carboxylic acids is 1. The van der Waals surface area contributed by atoms with E-state index in [1.807, 2.05) is 20.8 Å². The zero-order valence-electron chi connectivity index (χ0n) is 25.6. The first-order chi connectivity index (χ1) is 21.3. The number of nitrogens with zero attached hydrogens (tertiary/aromatic N) is 3. The van der Waals surface area contributed by atoms with Gasteiger partial charge in [-0.05, 0) is 57.8 Å². The quantitative estimate of drug-likeness (QED) is 0.0808. The standard InChI is InChI=1S/C29H36F2N8O2S.C2H6/c1-17(42-27(39-33)6-5-18-3-4-18)38-29(40)23-15-36-24(19(13-32)14-35-20-7-9-34-10-8-20)11-21(23)22-12-25(28(30)31)37-16-26(22)41-2;1-2/h11-18,20,27-28,34,39H,3-4,7-10,32-33H2,1-2H3,(H,38,40);1-2H3/b19-13+,35-14?;. The number of methoxy groups -OCH3 is 1. The smallest absolute Gasteiger partial charge is 0.280 e. The van der Waals surface area contributed by atoms with E-state index in [0.29, 0.717) is 22.7 Å². The third-order valence-corrected chi connectivity index (χ3v) is 7.85. The van der Waals surface area contributed by atoms with Gasteiger partial charge in [0.1, 0.15) is 16.8 Å². The molecule has 7 N–H and O–H groups in total. The second kappa shape index (κ2) is 17.7. The van der Waals surface area contributed by atoms with Crippen LogP contribution in [0, 0.1) is 17.8 Å². The number of carbonyl (C=O) groups is 1. The van der Waals surface area contributed by atoms with Gasteiger partial charge in [0.05, 0.1) is 36.0 Å². The van der Waals surface area contributed by atoms with Crippen molar-refractivity contribution < 1.29 is 18.3 Å². The fourth-order valence-electron chi connectivity index (χ4n) is 4.34. The molecule has 1 saturated carbocycles. The molecule has 3 heterocycles. The number of allylic oxidation sites excluding steroid dienone is 1. The van der Waals surface area contributed by atoms with Gasteiger partial charge in [0.25, 0.3) is 12.3 Å². The number of nitrogens with one attached hydrogen (secondary N) is 3. The molecule has 2 aromatic heterocycles. The van der Waals surface area contributed by atoms with Crippen LogP contribution >= 0.6 is 11.8 Å². The average molecular weight is 629 g/mol. The first-order valence-corrected chi connectivity index (χ1v) is 15.7. The summed E-state index contributed by atoms with van der Waals surface area (Å²) in [6.45, 7) is 7.58. The first-order valence-electron chi connectivity index (χ1n) is 14.7. The maximum Gasteiger partial charge on any atom is 0.280 e. The van der Waals surface area contributed by atoms with E-state index in [1.165, 1.54) is 43.5 Å². The molecule has 0 spiro atoms. The van der Waals surface area contributed by atoms with E-state index in [-0.39, 0.29) is 28.3 Å². The molecular formula is C31H42F2N8O2S. The molecule has 4 rings (SSSR count). The molecule has 1 saturated heterocycles. The fourth-order valence-corrected chi connectivity index (χ4v) is 5.14. The van der Waals surface area contributed by atoms with E-state index in [2.05, 4.69) is 42.9 Å². The highest BCUT2D eigenvalue weighted by Crippen LogP contribution is 2.35. The number of piperidine rings is 1. The highest BCUT2D eigenvalue weighted by molar-refractivity contribution is 8.00. The Morgan fingerprint density at radius 2 is 1.91 bits per heavy atom. The molecule has 2 unspecified atom stereocenters. The van der Waals surface area contributed by atoms with Gasteiger partial charge in [0, 0.05) is 41.2 Å². The van der Waals surface area contributed by atoms with Crippen LogP contribution in [0.5, 0.6) is 5.75 Å². The number of amides is 1. The molecule has 0 radical (unpaired) electrons. The van der Waals surface area contributed by atoms with E-state index in [9.17, 15) is 13.6 Å². The maximum atomic E-state index is 13.7. The number of hydrazine groups is 1. The molecule has 2 aliphatic rings. The lowest BCUT2D eigenvalue weighted by atomic mass is 9.97. The van der Waals surface area contributed by atoms with Gasteiger partial charge in [-0.2, -0.15) is 0 Å². The Kier molecular flexibility index (Phi) is 14.0. The molecule has 10 nitrogen and oxygen atoms in total. The molecule has 1 amide bonds. The van der Waals surface area contributed by atoms with Crippen molar-refractivity contribution in [2.24, 2.45) is 22.5 Å². The Hall–Kier alpha value is -3.57. The molecule has 1 aliphatic heterocycles. The van der Waals surface area contributed by atoms with Gasteiger partial charge >= 0.3 is 0 Å². The van der Waals surface area contributed by atoms with Crippen molar-refractivity contribution in [3.05, 3.63) is 47.7 Å². The first kappa shape index (κ1) is 34.9. The lowest BCUT2D eigenvalue weighted by molar-refractivity contribution is 0.0952. The molecule has 2 aromatic rings. The Bertz CT molecular complexity index is 1370. The molecule has 44 heavy (non-hydrogen) atoms. The number of pyridine rings is 2. The third-order valence-electron chi connectivity index (χ3n) is 6.80. The molecule has 0 aromatic carbocycles. The summed E-state index contributed by atoms with van der Waals surface area (Å²) in [6.07, 6.45) is 6.81. The summed E-state index contributed by atoms with van der Waals surface area (Å²) in [4.78, 5) is 26.5. The number of ether oxygens (including phenoxy) is 1. The summed E-state index contributed by atoms with van der Waals surface area (Å²) < 4.78 is 32.8. The van der Waals surface area contributed by atoms with Crippen LogP contribution in [0.25, 0.3) is 16.7 Å². The summed E-state index contributed by atoms with van der Waals surface area (Å²) in [5, 5.41) is 5.45. The van der Waals surface area contributed by atoms with Gasteiger partial charge in [-0.1, -0.05) is 25.7 Å². The van der Waals surface area contributed by atoms with E-state index in [0.717, 1.165) is 38.8 Å². The predicted octanol–water partition coefficient (Wildman–Crippen LogP) is 4.25. The van der Waals surface area contributed by atoms with Crippen molar-refractivity contribution >= 4 is 29.5 Å². The minimum Gasteiger partial charge on any atom is -0.494 e. The van der Waals surface area contributed by atoms with Crippen LogP contribution in [0.4, 0.5) is 8.78 Å². The molecule has 238 valence electrons. The van der Waals surface area contributed by atoms with Crippen molar-refractivity contribution in [1.82, 2.24) is 26.0 Å². The number of nitrogens with two attached hydrogens (primary N) is 2. The van der Waals surface area contributed by atoms with E-state index in [4.69, 9.17) is 16.3 Å². The van der Waals surface area contributed by atoms with Crippen molar-refractivity contribution in [1.29, 1.82) is 0 Å². The minimum atomic E-state index is -2.82. The maximum absolute atomic E-state index is 13.7. The minimum absolute atomic E-state index is 0.152. The summed E-state index contributed by atoms with van der Waals surface area (Å²) in [7, 11) is 1.41. The molecule has 1 aliphatic carbocycles. The van der Waals surface area contributed by atoms with Crippen LogP contribution in [-0.4, -0.2) is 59.1 Å². The number of aromatic nitrogens is 2. The van der Waals surface area contributed by atoms with Crippen molar-refractivity contribution in [2.45, 2.75) is 69.7 Å². The zero-order chi connectivity index (χ0) is 32.1. The Labute approximate surface area is 262 Å². The van der Waals surface area contributed by atoms with Crippen molar-refractivity contribution in [2.75, 3.05) is 20.2 Å². The lowest BCUT2D eigenvalue weighted by Gasteiger charge is -2.20. The largest absolute Gasteiger partial charge is 0.494 e. The Morgan fingerprint density at radius 1 is 1.18 bits per heavy atom. The van der Waals surface area contributed by atoms with Gasteiger partial charge in [-0.25, -0.2) is 14.2 Å². The van der Waals surface area contributed by atoms with Crippen LogP contribution in [0.1, 0.15) is 74.6 Å². The summed E-state index contributed by atoms with van der Waals surface area (Å²) >= 11 is 1.34. The Balaban J connectivity index is 0.00000259. The lowest BCUT2D eigenvalue weighted by Crippen LogP contribution is -2.37. The monoisotopic (exact) mass is 628 g/mol. The van der Waals surface area contributed by atoms with Crippen LogP contribution in [0.15, 0.2) is 35.7 Å². The number of hydrogen-bond donors (Lipinski definition) is 5. The van der Waals surface area contributed by atoms with Crippen LogP contribution in [0.3, 0.4) is 0 Å². The van der Waals surface area contributed by atoms with E-state index in [1.54, 1.807) is 12.3 Å². The highest BCUT2D eigenvalue weighted by atomic mass is 32.2. The van der Waals surface area contributed by atoms with Gasteiger partial charge in [-0.15, -0.1) is 11.8 Å². The molecule has 13 heteroatoms. The van der Waals surface area contributed by atoms with Gasteiger partial charge < -0.3 is 21.1 Å². The van der Waals surface area contributed by atoms with Crippen molar-refractivity contribution in [3.8, 4) is 28.7 Å². The van der Waals surface area contributed by atoms with E-state index < -0.39 is 23.4 Å². The van der Waals surface area contributed by atoms with Crippen molar-refractivity contribution in [3.63, 3.8) is 0 Å².